The third kappa shape index (κ3) is 5.22. The van der Waals surface area contributed by atoms with E-state index in [0.717, 1.165) is 11.8 Å². The van der Waals surface area contributed by atoms with Crippen molar-refractivity contribution in [2.75, 3.05) is 0 Å². The predicted molar refractivity (Wildman–Crippen MR) is 89.2 cm³/mol. The lowest BCUT2D eigenvalue weighted by molar-refractivity contribution is 0.231. The van der Waals surface area contributed by atoms with Crippen molar-refractivity contribution in [2.24, 2.45) is 23.7 Å². The molecular weight excluding hydrogens is 228 g/mol. The van der Waals surface area contributed by atoms with E-state index < -0.39 is 0 Å². The van der Waals surface area contributed by atoms with Gasteiger partial charge < -0.3 is 0 Å². The Balaban J connectivity index is 0.000000741. The van der Waals surface area contributed by atoms with Crippen LogP contribution in [0.4, 0.5) is 0 Å². The second-order valence-electron chi connectivity index (χ2n) is 4.66. The summed E-state index contributed by atoms with van der Waals surface area (Å²) < 4.78 is 0. The Labute approximate surface area is 121 Å². The first-order valence-electron chi connectivity index (χ1n) is 7.95. The van der Waals surface area contributed by atoms with Crippen molar-refractivity contribution in [1.82, 2.24) is 0 Å². The summed E-state index contributed by atoms with van der Waals surface area (Å²) in [6.45, 7) is 14.1. The number of fused-ring (bicyclic) bond motifs is 1. The molecule has 0 aliphatic heterocycles. The highest BCUT2D eigenvalue weighted by Gasteiger charge is 2.32. The van der Waals surface area contributed by atoms with Crippen molar-refractivity contribution in [3.8, 4) is 0 Å². The van der Waals surface area contributed by atoms with Gasteiger partial charge in [-0.1, -0.05) is 70.2 Å². The lowest BCUT2D eigenvalue weighted by Gasteiger charge is -2.38. The molecule has 0 aromatic carbocycles. The Morgan fingerprint density at radius 3 is 1.79 bits per heavy atom. The molecule has 2 aliphatic rings. The molecule has 2 rings (SSSR count). The molecule has 108 valence electrons. The summed E-state index contributed by atoms with van der Waals surface area (Å²) in [5.41, 5.74) is 0. The normalized spacial score (nSPS) is 31.6. The zero-order valence-corrected chi connectivity index (χ0v) is 13.5. The van der Waals surface area contributed by atoms with Gasteiger partial charge in [-0.05, 0) is 43.4 Å². The molecule has 0 amide bonds. The van der Waals surface area contributed by atoms with Gasteiger partial charge in [0.25, 0.3) is 0 Å². The Morgan fingerprint density at radius 1 is 0.895 bits per heavy atom. The predicted octanol–water partition coefficient (Wildman–Crippen LogP) is 6.19. The van der Waals surface area contributed by atoms with E-state index in [9.17, 15) is 0 Å². The van der Waals surface area contributed by atoms with E-state index in [1.54, 1.807) is 0 Å². The summed E-state index contributed by atoms with van der Waals surface area (Å²) in [6.07, 6.45) is 18.4. The summed E-state index contributed by atoms with van der Waals surface area (Å²) in [4.78, 5) is 0. The van der Waals surface area contributed by atoms with E-state index >= 15 is 0 Å². The summed E-state index contributed by atoms with van der Waals surface area (Å²) in [5, 5.41) is 0. The highest BCUT2D eigenvalue weighted by Crippen LogP contribution is 2.41. The van der Waals surface area contributed by atoms with E-state index in [2.05, 4.69) is 56.0 Å². The molecule has 0 heteroatoms. The van der Waals surface area contributed by atoms with E-state index in [-0.39, 0.29) is 0 Å². The fraction of sp³-hybridized carbons (Fsp3) is 0.579. The SMILES string of the molecule is C=CC1CC2C=CC=CC2CC1/C=C\C.CC.CC. The average Bonchev–Trinajstić information content (AvgIpc) is 2.51. The fourth-order valence-electron chi connectivity index (χ4n) is 2.92. The van der Waals surface area contributed by atoms with Crippen LogP contribution in [0.1, 0.15) is 47.5 Å². The van der Waals surface area contributed by atoms with Crippen molar-refractivity contribution < 1.29 is 0 Å². The molecule has 4 unspecified atom stereocenters. The zero-order valence-electron chi connectivity index (χ0n) is 13.5. The van der Waals surface area contributed by atoms with E-state index in [4.69, 9.17) is 0 Å². The van der Waals surface area contributed by atoms with Gasteiger partial charge in [-0.15, -0.1) is 6.58 Å². The van der Waals surface area contributed by atoms with Crippen LogP contribution in [0.5, 0.6) is 0 Å². The summed E-state index contributed by atoms with van der Waals surface area (Å²) in [5.74, 6) is 2.87. The smallest absolute Gasteiger partial charge is 0.0161 e. The van der Waals surface area contributed by atoms with Crippen molar-refractivity contribution in [3.05, 3.63) is 49.1 Å². The van der Waals surface area contributed by atoms with Crippen molar-refractivity contribution in [1.29, 1.82) is 0 Å². The van der Waals surface area contributed by atoms with Crippen LogP contribution >= 0.6 is 0 Å². The minimum atomic E-state index is 0.665. The van der Waals surface area contributed by atoms with Gasteiger partial charge in [0.15, 0.2) is 0 Å². The number of rotatable bonds is 2. The fourth-order valence-corrected chi connectivity index (χ4v) is 2.92. The van der Waals surface area contributed by atoms with Gasteiger partial charge in [0.2, 0.25) is 0 Å². The molecule has 4 atom stereocenters. The van der Waals surface area contributed by atoms with Crippen LogP contribution < -0.4 is 0 Å². The Bertz CT molecular complexity index is 306. The molecule has 0 nitrogen and oxygen atoms in total. The van der Waals surface area contributed by atoms with Crippen molar-refractivity contribution in [2.45, 2.75) is 47.5 Å². The lowest BCUT2D eigenvalue weighted by atomic mass is 9.67. The molecule has 2 aliphatic carbocycles. The first kappa shape index (κ1) is 18.0. The third-order valence-electron chi connectivity index (χ3n) is 3.76. The number of hydrogen-bond donors (Lipinski definition) is 0. The maximum atomic E-state index is 3.98. The molecule has 1 saturated carbocycles. The molecule has 0 bridgehead atoms. The second-order valence-corrected chi connectivity index (χ2v) is 4.66. The molecule has 0 saturated heterocycles. The van der Waals surface area contributed by atoms with E-state index in [1.807, 2.05) is 27.7 Å². The summed E-state index contributed by atoms with van der Waals surface area (Å²) in [7, 11) is 0. The molecule has 0 spiro atoms. The van der Waals surface area contributed by atoms with Gasteiger partial charge in [-0.3, -0.25) is 0 Å². The quantitative estimate of drug-likeness (QED) is 0.520. The summed E-state index contributed by atoms with van der Waals surface area (Å²) >= 11 is 0. The monoisotopic (exact) mass is 260 g/mol. The topological polar surface area (TPSA) is 0 Å². The molecule has 0 radical (unpaired) electrons. The van der Waals surface area contributed by atoms with Gasteiger partial charge >= 0.3 is 0 Å². The molecular formula is C19H32. The molecule has 1 fully saturated rings. The second kappa shape index (κ2) is 10.8. The van der Waals surface area contributed by atoms with E-state index in [0.29, 0.717) is 11.8 Å². The van der Waals surface area contributed by atoms with Crippen LogP contribution in [-0.4, -0.2) is 0 Å². The van der Waals surface area contributed by atoms with Crippen LogP contribution in [0.15, 0.2) is 49.1 Å². The number of hydrogen-bond acceptors (Lipinski definition) is 0. The third-order valence-corrected chi connectivity index (χ3v) is 3.76. The van der Waals surface area contributed by atoms with Crippen LogP contribution in [0.2, 0.25) is 0 Å². The Kier molecular flexibility index (Phi) is 10.2. The van der Waals surface area contributed by atoms with E-state index in [1.165, 1.54) is 12.8 Å². The molecule has 19 heavy (non-hydrogen) atoms. The van der Waals surface area contributed by atoms with Gasteiger partial charge in [0.1, 0.15) is 0 Å². The van der Waals surface area contributed by atoms with Crippen LogP contribution in [0.3, 0.4) is 0 Å². The largest absolute Gasteiger partial charge is 0.103 e. The molecule has 0 heterocycles. The highest BCUT2D eigenvalue weighted by molar-refractivity contribution is 5.18. The van der Waals surface area contributed by atoms with Gasteiger partial charge in [-0.25, -0.2) is 0 Å². The zero-order chi connectivity index (χ0) is 14.7. The highest BCUT2D eigenvalue weighted by atomic mass is 14.4. The van der Waals surface area contributed by atoms with Gasteiger partial charge in [-0.2, -0.15) is 0 Å². The maximum Gasteiger partial charge on any atom is -0.0161 e. The lowest BCUT2D eigenvalue weighted by Crippen LogP contribution is -2.29. The van der Waals surface area contributed by atoms with Gasteiger partial charge in [0.05, 0.1) is 0 Å². The van der Waals surface area contributed by atoms with Crippen LogP contribution in [0.25, 0.3) is 0 Å². The maximum absolute atomic E-state index is 3.98. The minimum Gasteiger partial charge on any atom is -0.103 e. The first-order valence-corrected chi connectivity index (χ1v) is 7.95. The average molecular weight is 260 g/mol. The van der Waals surface area contributed by atoms with Gasteiger partial charge in [0, 0.05) is 0 Å². The standard InChI is InChI=1S/C15H20.2C2H6/c1-3-7-13-11-15-9-6-5-8-14(15)10-12(13)4-2;2*1-2/h3-9,12-15H,2,10-11H2,1H3;2*1-2H3/b7-3-;;. The number of allylic oxidation sites excluding steroid dienone is 7. The molecule has 0 aromatic rings. The molecule has 0 N–H and O–H groups in total. The Hall–Kier alpha value is -1.04. The van der Waals surface area contributed by atoms with Crippen molar-refractivity contribution >= 4 is 0 Å². The van der Waals surface area contributed by atoms with Crippen molar-refractivity contribution in [3.63, 3.8) is 0 Å². The van der Waals surface area contributed by atoms with Crippen LogP contribution in [0, 0.1) is 23.7 Å². The van der Waals surface area contributed by atoms with Crippen LogP contribution in [-0.2, 0) is 0 Å². The minimum absolute atomic E-state index is 0.665. The summed E-state index contributed by atoms with van der Waals surface area (Å²) in [6, 6.07) is 0. The first-order chi connectivity index (χ1) is 9.35. The molecule has 0 aromatic heterocycles. The Morgan fingerprint density at radius 2 is 1.37 bits per heavy atom.